The van der Waals surface area contributed by atoms with Crippen LogP contribution >= 0.6 is 11.8 Å². The summed E-state index contributed by atoms with van der Waals surface area (Å²) >= 11 is 1.68. The summed E-state index contributed by atoms with van der Waals surface area (Å²) in [6, 6.07) is 146. The van der Waals surface area contributed by atoms with Gasteiger partial charge in [-0.3, -0.25) is 0 Å². The second-order valence-corrected chi connectivity index (χ2v) is 44.5. The molecule has 0 atom stereocenters. The Kier molecular flexibility index (Phi) is 28.5. The maximum Gasteiger partial charge on any atom is 0.143 e. The van der Waals surface area contributed by atoms with Crippen LogP contribution in [0.2, 0.25) is 0 Å². The predicted octanol–water partition coefficient (Wildman–Crippen LogP) is 34.3. The summed E-state index contributed by atoms with van der Waals surface area (Å²) in [5, 5.41) is 7.00. The minimum Gasteiger partial charge on any atom is -0.509 e. The molecule has 0 unspecified atom stereocenters. The van der Waals surface area contributed by atoms with Gasteiger partial charge in [0.25, 0.3) is 0 Å². The van der Waals surface area contributed by atoms with Crippen molar-refractivity contribution < 1.29 is 67.9 Å². The van der Waals surface area contributed by atoms with Crippen LogP contribution in [0, 0.1) is 56.4 Å². The molecule has 15 aromatic carbocycles. The molecule has 0 saturated carbocycles. The van der Waals surface area contributed by atoms with E-state index in [1.165, 1.54) is 49.4 Å². The first kappa shape index (κ1) is 103. The molecule has 0 spiro atoms. The van der Waals surface area contributed by atoms with Crippen LogP contribution in [0.5, 0.6) is 11.5 Å². The third-order valence-corrected chi connectivity index (χ3v) is 28.9. The van der Waals surface area contributed by atoms with Gasteiger partial charge in [0.15, 0.2) is 0 Å². The Morgan fingerprint density at radius 3 is 1.05 bits per heavy atom. The molecule has 3 aliphatic rings. The molecule has 9 heterocycles. The first-order chi connectivity index (χ1) is 69.8. The standard InChI is InChI=1S/C47H45N4.C44H39N4S.C40H31N4O.3Pt/c1-45(2,3)32-15-13-17-36(27-32)49-31-50(42-22-12-11-21-41(42)49)37-18-14-16-34(28-37)47(7,8)35-23-24-39-38-19-9-10-20-40(38)51(43(39)29-35)44-30-33(25-26-48-44)46(4,5)6;1-43(2,3)30-13-11-14-32(25-30)46-29-47(40-20-10-9-19-39(40)46)33-15-12-16-34(27-33)49-35-21-22-37-36-17-7-8-18-38(36)48(41(37)28-35)42-26-31(23-24-45-42)44(4,5)6;1-40(2,3)28-12-8-13-29(24-28)42-27-43(38-22-7-6-21-37(38)42)30-14-9-16-32(25-30)45-33-17-10-15-31(26-33)44-36-20-5-4-18-34(36)35-19-11-23-41-39(35)44;;;/h9-27,30-31H,1-8H3;7-26,29H,1-6H3;4-24,27H,1-3H3;;;/q3*-3;;;. The zero-order valence-corrected chi connectivity index (χ0v) is 93.7. The summed E-state index contributed by atoms with van der Waals surface area (Å²) in [5.41, 5.74) is 28.6. The minimum atomic E-state index is -0.383. The number of fused-ring (bicyclic) bond motifs is 12. The molecule has 24 rings (SSSR count). The SMILES string of the molecule is CC(C)(C)c1cccc(N2[CH-]N(c3[c-]c(C(C)(C)c4[c-]c5c(cc4)c4ccccc4n5-c4cc(C(C)(C)C)ccn4)ccc3)c3ccccc32)c1.CC(C)(C)c1cccc(N2[CH-]N(c3[c-]c(Oc4[c-]c(-n5c6ccccc6c6cccnc65)ccc4)ccc3)c3ccccc32)c1.CC(C)(C)c1cccc(N2[CH-]N(c3[c-]c(Sc4[c-]c5c(cc4)c4ccccc4n5-c4cc(C(C)(C)C)ccn4)ccc3)c3ccccc32)c1.[Pt].[Pt].[Pt]. The van der Waals surface area contributed by atoms with Gasteiger partial charge in [-0.2, -0.15) is 90.0 Å². The fourth-order valence-electron chi connectivity index (χ4n) is 19.9. The molecule has 148 heavy (non-hydrogen) atoms. The van der Waals surface area contributed by atoms with Crippen molar-refractivity contribution >= 4 is 146 Å². The summed E-state index contributed by atoms with van der Waals surface area (Å²) in [7, 11) is 0. The summed E-state index contributed by atoms with van der Waals surface area (Å²) in [4.78, 5) is 30.0. The quantitative estimate of drug-likeness (QED) is 0.0921. The van der Waals surface area contributed by atoms with Crippen molar-refractivity contribution in [1.82, 2.24) is 28.7 Å². The van der Waals surface area contributed by atoms with Gasteiger partial charge in [0.1, 0.15) is 17.3 Å². The zero-order valence-electron chi connectivity index (χ0n) is 86.1. The van der Waals surface area contributed by atoms with E-state index < -0.39 is 0 Å². The van der Waals surface area contributed by atoms with Crippen molar-refractivity contribution in [2.24, 2.45) is 0 Å². The summed E-state index contributed by atoms with van der Waals surface area (Å²) in [6.07, 6.45) is 5.68. The maximum absolute atomic E-state index is 6.40. The fraction of sp³-hybridized carbons (Fsp3) is 0.176. The van der Waals surface area contributed by atoms with Crippen LogP contribution in [0.4, 0.5) is 68.2 Å². The van der Waals surface area contributed by atoms with Crippen LogP contribution in [0.1, 0.15) is 157 Å². The van der Waals surface area contributed by atoms with Gasteiger partial charge in [-0.25, -0.2) is 15.0 Å². The van der Waals surface area contributed by atoms with Crippen LogP contribution < -0.4 is 34.1 Å². The predicted molar refractivity (Wildman–Crippen MR) is 602 cm³/mol. The van der Waals surface area contributed by atoms with Crippen LogP contribution in [0.25, 0.3) is 82.9 Å². The van der Waals surface area contributed by atoms with Crippen LogP contribution in [0.3, 0.4) is 0 Å². The maximum atomic E-state index is 6.40. The molecule has 3 aliphatic heterocycles. The second-order valence-electron chi connectivity index (χ2n) is 43.4. The molecule has 6 aromatic heterocycles. The number of pyridine rings is 3. The van der Waals surface area contributed by atoms with Crippen molar-refractivity contribution in [3.8, 4) is 28.8 Å². The monoisotopic (exact) mass is 2490 g/mol. The normalized spacial score (nSPS) is 13.1. The molecule has 13 nitrogen and oxygen atoms in total. The number of ether oxygens (including phenoxy) is 1. The molecule has 750 valence electrons. The Balaban J connectivity index is 0.000000138. The first-order valence-corrected chi connectivity index (χ1v) is 50.7. The van der Waals surface area contributed by atoms with Crippen LogP contribution in [0.15, 0.2) is 380 Å². The molecule has 0 saturated heterocycles. The second kappa shape index (κ2) is 41.0. The van der Waals surface area contributed by atoms with Crippen LogP contribution in [-0.4, -0.2) is 28.7 Å². The number of anilines is 12. The number of nitrogens with zero attached hydrogens (tertiary/aromatic N) is 12. The Bertz CT molecular complexity index is 8480. The van der Waals surface area contributed by atoms with E-state index in [9.17, 15) is 0 Å². The Morgan fingerprint density at radius 1 is 0.250 bits per heavy atom. The third-order valence-electron chi connectivity index (χ3n) is 28.0. The molecule has 0 radical (unpaired) electrons. The number of para-hydroxylation sites is 9. The topological polar surface area (TPSA) is 82.1 Å². The smallest absolute Gasteiger partial charge is 0.143 e. The number of benzene rings is 15. The van der Waals surface area contributed by atoms with E-state index in [0.29, 0.717) is 11.5 Å². The Hall–Kier alpha value is -13.8. The Labute approximate surface area is 918 Å². The van der Waals surface area contributed by atoms with E-state index in [1.54, 1.807) is 11.8 Å². The van der Waals surface area contributed by atoms with Crippen molar-refractivity contribution in [2.45, 2.75) is 160 Å². The summed E-state index contributed by atoms with van der Waals surface area (Å²) < 4.78 is 13.1. The first-order valence-electron chi connectivity index (χ1n) is 49.8. The summed E-state index contributed by atoms with van der Waals surface area (Å²) in [5.74, 6) is 3.04. The van der Waals surface area contributed by atoms with E-state index in [1.807, 2.05) is 55.0 Å². The molecular formula is C131H115N12OPt3S-9. The van der Waals surface area contributed by atoms with Gasteiger partial charge in [-0.05, 0) is 198 Å². The molecule has 0 fully saturated rings. The molecular weight excluding hydrogens is 2370 g/mol. The van der Waals surface area contributed by atoms with Gasteiger partial charge >= 0.3 is 0 Å². The minimum absolute atomic E-state index is 0. The van der Waals surface area contributed by atoms with Gasteiger partial charge in [0.2, 0.25) is 0 Å². The van der Waals surface area contributed by atoms with E-state index in [0.717, 1.165) is 150 Å². The van der Waals surface area contributed by atoms with Gasteiger partial charge in [0.05, 0.1) is 5.52 Å². The third kappa shape index (κ3) is 20.0. The molecule has 17 heteroatoms. The fourth-order valence-corrected chi connectivity index (χ4v) is 20.7. The number of hydrogen-bond acceptors (Lipinski definition) is 11. The van der Waals surface area contributed by atoms with Crippen molar-refractivity contribution in [1.29, 1.82) is 0 Å². The number of aromatic nitrogens is 6. The van der Waals surface area contributed by atoms with E-state index in [2.05, 4.69) is 533 Å². The zero-order chi connectivity index (χ0) is 100. The van der Waals surface area contributed by atoms with Gasteiger partial charge < -0.3 is 47.8 Å². The van der Waals surface area contributed by atoms with Crippen molar-refractivity contribution in [2.75, 3.05) is 29.4 Å². The Morgan fingerprint density at radius 2 is 0.595 bits per heavy atom. The van der Waals surface area contributed by atoms with Gasteiger partial charge in [0, 0.05) is 166 Å². The van der Waals surface area contributed by atoms with Crippen molar-refractivity contribution in [3.63, 3.8) is 0 Å². The van der Waals surface area contributed by atoms with Gasteiger partial charge in [-0.15, -0.1) is 124 Å². The molecule has 0 aliphatic carbocycles. The average Bonchev–Trinajstić information content (AvgIpc) is 1.59. The van der Waals surface area contributed by atoms with Gasteiger partial charge in [-0.1, -0.05) is 262 Å². The van der Waals surface area contributed by atoms with Crippen LogP contribution in [-0.2, 0) is 95.7 Å². The number of rotatable bonds is 15. The number of hydrogen-bond donors (Lipinski definition) is 0. The molecule has 0 amide bonds. The molecule has 21 aromatic rings. The van der Waals surface area contributed by atoms with E-state index in [4.69, 9.17) is 19.7 Å². The molecule has 0 bridgehead atoms. The molecule has 0 N–H and O–H groups in total. The van der Waals surface area contributed by atoms with E-state index >= 15 is 0 Å². The largest absolute Gasteiger partial charge is 0.509 e. The summed E-state index contributed by atoms with van der Waals surface area (Å²) in [6.45, 7) is 44.8. The van der Waals surface area contributed by atoms with E-state index in [-0.39, 0.29) is 95.7 Å². The van der Waals surface area contributed by atoms with Crippen molar-refractivity contribution in [3.05, 3.63) is 466 Å². The average molecular weight is 2490 g/mol.